The SMILES string of the molecule is CN1CCc2ccc([SH](C)C)cc2C1. The Morgan fingerprint density at radius 3 is 2.71 bits per heavy atom. The Morgan fingerprint density at radius 2 is 2.00 bits per heavy atom. The minimum atomic E-state index is 0.0564. The summed E-state index contributed by atoms with van der Waals surface area (Å²) in [5.74, 6) is 0. The van der Waals surface area contributed by atoms with Gasteiger partial charge in [0.25, 0.3) is 0 Å². The normalized spacial score (nSPS) is 17.8. The minimum Gasteiger partial charge on any atom is -0.302 e. The average Bonchev–Trinajstić information content (AvgIpc) is 2.16. The third-order valence-corrected chi connectivity index (χ3v) is 4.22. The van der Waals surface area contributed by atoms with E-state index in [0.29, 0.717) is 0 Å². The standard InChI is InChI=1S/C12H19NS/c1-13-7-6-10-4-5-12(14(2)3)8-11(10)9-13/h4-5,8,14H,6-7,9H2,1-3H3. The Labute approximate surface area is 89.5 Å². The van der Waals surface area contributed by atoms with E-state index < -0.39 is 0 Å². The number of likely N-dealkylation sites (N-methyl/N-ethyl adjacent to an activating group) is 1. The third-order valence-electron chi connectivity index (χ3n) is 2.91. The zero-order valence-corrected chi connectivity index (χ0v) is 10.1. The first-order chi connectivity index (χ1) is 6.66. The van der Waals surface area contributed by atoms with Crippen LogP contribution in [0.1, 0.15) is 11.1 Å². The maximum Gasteiger partial charge on any atom is 0.0233 e. The summed E-state index contributed by atoms with van der Waals surface area (Å²) in [5, 5.41) is 0. The number of nitrogens with zero attached hydrogens (tertiary/aromatic N) is 1. The van der Waals surface area contributed by atoms with E-state index in [1.54, 1.807) is 11.1 Å². The molecule has 78 valence electrons. The van der Waals surface area contributed by atoms with Gasteiger partial charge in [0.1, 0.15) is 0 Å². The summed E-state index contributed by atoms with van der Waals surface area (Å²) in [6, 6.07) is 7.06. The van der Waals surface area contributed by atoms with Crippen LogP contribution < -0.4 is 0 Å². The highest BCUT2D eigenvalue weighted by atomic mass is 32.2. The lowest BCUT2D eigenvalue weighted by atomic mass is 10.0. The Hall–Kier alpha value is -0.470. The van der Waals surface area contributed by atoms with E-state index in [1.807, 2.05) is 0 Å². The molecule has 0 N–H and O–H groups in total. The van der Waals surface area contributed by atoms with Gasteiger partial charge in [-0.05, 0) is 48.1 Å². The molecule has 0 bridgehead atoms. The number of hydrogen-bond acceptors (Lipinski definition) is 1. The van der Waals surface area contributed by atoms with Crippen LogP contribution in [0, 0.1) is 0 Å². The van der Waals surface area contributed by atoms with Gasteiger partial charge >= 0.3 is 0 Å². The summed E-state index contributed by atoms with van der Waals surface area (Å²) < 4.78 is 0. The lowest BCUT2D eigenvalue weighted by Gasteiger charge is -2.26. The molecule has 2 heteroatoms. The molecule has 0 unspecified atom stereocenters. The van der Waals surface area contributed by atoms with Gasteiger partial charge in [-0.25, -0.2) is 10.9 Å². The zero-order valence-electron chi connectivity index (χ0n) is 9.25. The minimum absolute atomic E-state index is 0.0564. The van der Waals surface area contributed by atoms with Gasteiger partial charge in [-0.1, -0.05) is 12.1 Å². The molecule has 1 aromatic carbocycles. The largest absolute Gasteiger partial charge is 0.302 e. The Balaban J connectivity index is 2.33. The van der Waals surface area contributed by atoms with E-state index in [9.17, 15) is 0 Å². The van der Waals surface area contributed by atoms with Gasteiger partial charge in [0, 0.05) is 13.1 Å². The molecule has 0 radical (unpaired) electrons. The molecule has 1 nitrogen and oxygen atoms in total. The highest BCUT2D eigenvalue weighted by molar-refractivity contribution is 8.15. The lowest BCUT2D eigenvalue weighted by molar-refractivity contribution is 0.312. The second kappa shape index (κ2) is 3.95. The van der Waals surface area contributed by atoms with Crippen LogP contribution in [0.25, 0.3) is 0 Å². The Kier molecular flexibility index (Phi) is 2.84. The van der Waals surface area contributed by atoms with Gasteiger partial charge in [0.15, 0.2) is 0 Å². The number of rotatable bonds is 1. The summed E-state index contributed by atoms with van der Waals surface area (Å²) in [7, 11) is 2.26. The lowest BCUT2D eigenvalue weighted by Crippen LogP contribution is -2.26. The molecule has 0 atom stereocenters. The first kappa shape index (κ1) is 10.1. The molecular weight excluding hydrogens is 190 g/mol. The molecule has 0 aliphatic carbocycles. The molecule has 1 heterocycles. The zero-order chi connectivity index (χ0) is 10.1. The molecule has 1 aliphatic heterocycles. The second-order valence-electron chi connectivity index (χ2n) is 4.34. The number of thiol groups is 1. The average molecular weight is 209 g/mol. The number of fused-ring (bicyclic) bond motifs is 1. The molecule has 1 aliphatic rings. The van der Waals surface area contributed by atoms with Crippen LogP contribution in [0.15, 0.2) is 23.1 Å². The fourth-order valence-electron chi connectivity index (χ4n) is 1.96. The van der Waals surface area contributed by atoms with Crippen LogP contribution in [0.5, 0.6) is 0 Å². The maximum absolute atomic E-state index is 2.41. The van der Waals surface area contributed by atoms with Crippen LogP contribution in [-0.4, -0.2) is 31.0 Å². The topological polar surface area (TPSA) is 3.24 Å². The molecule has 0 spiro atoms. The van der Waals surface area contributed by atoms with Crippen LogP contribution in [0.4, 0.5) is 0 Å². The predicted octanol–water partition coefficient (Wildman–Crippen LogP) is 2.29. The molecule has 0 saturated heterocycles. The van der Waals surface area contributed by atoms with Gasteiger partial charge in [-0.2, -0.15) is 0 Å². The van der Waals surface area contributed by atoms with E-state index in [1.165, 1.54) is 17.9 Å². The smallest absolute Gasteiger partial charge is 0.0233 e. The summed E-state index contributed by atoms with van der Waals surface area (Å²) in [5.41, 5.74) is 3.11. The first-order valence-corrected chi connectivity index (χ1v) is 7.38. The van der Waals surface area contributed by atoms with Crippen LogP contribution in [0.2, 0.25) is 0 Å². The van der Waals surface area contributed by atoms with E-state index in [4.69, 9.17) is 0 Å². The maximum atomic E-state index is 2.41. The fraction of sp³-hybridized carbons (Fsp3) is 0.500. The highest BCUT2D eigenvalue weighted by Crippen LogP contribution is 2.31. The Bertz CT molecular complexity index is 333. The third kappa shape index (κ3) is 1.96. The van der Waals surface area contributed by atoms with Crippen molar-refractivity contribution in [2.24, 2.45) is 0 Å². The van der Waals surface area contributed by atoms with Crippen molar-refractivity contribution in [2.75, 3.05) is 26.1 Å². The van der Waals surface area contributed by atoms with Crippen molar-refractivity contribution >= 4 is 10.9 Å². The monoisotopic (exact) mass is 209 g/mol. The van der Waals surface area contributed by atoms with E-state index in [-0.39, 0.29) is 10.9 Å². The van der Waals surface area contributed by atoms with Gasteiger partial charge in [0.05, 0.1) is 0 Å². The van der Waals surface area contributed by atoms with Crippen molar-refractivity contribution in [2.45, 2.75) is 17.9 Å². The first-order valence-electron chi connectivity index (χ1n) is 5.14. The van der Waals surface area contributed by atoms with Gasteiger partial charge in [0.2, 0.25) is 0 Å². The van der Waals surface area contributed by atoms with Crippen molar-refractivity contribution < 1.29 is 0 Å². The van der Waals surface area contributed by atoms with E-state index in [0.717, 1.165) is 6.54 Å². The summed E-state index contributed by atoms with van der Waals surface area (Å²) in [4.78, 5) is 3.94. The van der Waals surface area contributed by atoms with Crippen molar-refractivity contribution in [1.82, 2.24) is 4.90 Å². The van der Waals surface area contributed by atoms with Gasteiger partial charge < -0.3 is 4.90 Å². The summed E-state index contributed by atoms with van der Waals surface area (Å²) in [6.45, 7) is 2.34. The number of hydrogen-bond donors (Lipinski definition) is 1. The molecule has 0 amide bonds. The highest BCUT2D eigenvalue weighted by Gasteiger charge is 2.13. The molecular formula is C12H19NS. The molecule has 0 aromatic heterocycles. The predicted molar refractivity (Wildman–Crippen MR) is 65.6 cm³/mol. The molecule has 1 aromatic rings. The summed E-state index contributed by atoms with van der Waals surface area (Å²) >= 11 is 0. The van der Waals surface area contributed by atoms with Crippen LogP contribution >= 0.6 is 10.9 Å². The number of benzene rings is 1. The van der Waals surface area contributed by atoms with Crippen molar-refractivity contribution in [3.8, 4) is 0 Å². The van der Waals surface area contributed by atoms with Crippen molar-refractivity contribution in [3.05, 3.63) is 29.3 Å². The van der Waals surface area contributed by atoms with E-state index in [2.05, 4.69) is 42.7 Å². The summed E-state index contributed by atoms with van der Waals surface area (Å²) in [6.07, 6.45) is 5.87. The molecule has 14 heavy (non-hydrogen) atoms. The molecule has 0 fully saturated rings. The quantitative estimate of drug-likeness (QED) is 0.695. The van der Waals surface area contributed by atoms with Gasteiger partial charge in [-0.3, -0.25) is 0 Å². The molecule has 0 saturated carbocycles. The fourth-order valence-corrected chi connectivity index (χ4v) is 2.75. The second-order valence-corrected chi connectivity index (χ2v) is 6.64. The van der Waals surface area contributed by atoms with Crippen molar-refractivity contribution in [1.29, 1.82) is 0 Å². The Morgan fingerprint density at radius 1 is 1.21 bits per heavy atom. The van der Waals surface area contributed by atoms with Crippen LogP contribution in [0.3, 0.4) is 0 Å². The van der Waals surface area contributed by atoms with E-state index >= 15 is 0 Å². The van der Waals surface area contributed by atoms with Crippen molar-refractivity contribution in [3.63, 3.8) is 0 Å². The van der Waals surface area contributed by atoms with Crippen LogP contribution in [-0.2, 0) is 13.0 Å². The van der Waals surface area contributed by atoms with Gasteiger partial charge in [-0.15, -0.1) is 0 Å². The molecule has 2 rings (SSSR count).